The minimum Gasteiger partial charge on any atom is -0.376 e. The van der Waals surface area contributed by atoms with Gasteiger partial charge >= 0.3 is 0 Å². The van der Waals surface area contributed by atoms with Gasteiger partial charge in [0.25, 0.3) is 0 Å². The van der Waals surface area contributed by atoms with Crippen LogP contribution in [0.1, 0.15) is 32.2 Å². The highest BCUT2D eigenvalue weighted by molar-refractivity contribution is 5.80. The third-order valence-electron chi connectivity index (χ3n) is 4.85. The largest absolute Gasteiger partial charge is 0.376 e. The number of hydrogen-bond donors (Lipinski definition) is 1. The van der Waals surface area contributed by atoms with Crippen molar-refractivity contribution in [1.82, 2.24) is 19.8 Å². The van der Waals surface area contributed by atoms with Gasteiger partial charge in [0.05, 0.1) is 18.5 Å². The van der Waals surface area contributed by atoms with Crippen LogP contribution in [0.25, 0.3) is 0 Å². The van der Waals surface area contributed by atoms with E-state index in [0.29, 0.717) is 18.1 Å². The first-order valence-corrected chi connectivity index (χ1v) is 8.32. The van der Waals surface area contributed by atoms with Gasteiger partial charge in [-0.2, -0.15) is 0 Å². The molecule has 0 saturated carbocycles. The van der Waals surface area contributed by atoms with E-state index in [4.69, 9.17) is 4.74 Å². The highest BCUT2D eigenvalue weighted by atomic mass is 16.5. The van der Waals surface area contributed by atoms with Gasteiger partial charge in [0.2, 0.25) is 0 Å². The Kier molecular flexibility index (Phi) is 4.97. The van der Waals surface area contributed by atoms with E-state index < -0.39 is 0 Å². The molecule has 0 radical (unpaired) electrons. The lowest BCUT2D eigenvalue weighted by Crippen LogP contribution is -2.50. The van der Waals surface area contributed by atoms with Crippen LogP contribution in [0.4, 0.5) is 0 Å². The van der Waals surface area contributed by atoms with Gasteiger partial charge in [-0.05, 0) is 25.2 Å². The number of likely N-dealkylation sites (tertiary alicyclic amines) is 1. The zero-order chi connectivity index (χ0) is 15.4. The molecule has 2 aliphatic rings. The second-order valence-electron chi connectivity index (χ2n) is 6.35. The van der Waals surface area contributed by atoms with Crippen LogP contribution in [0.15, 0.2) is 23.7 Å². The fourth-order valence-corrected chi connectivity index (χ4v) is 3.44. The average Bonchev–Trinajstić information content (AvgIpc) is 3.22. The molecule has 1 aromatic rings. The summed E-state index contributed by atoms with van der Waals surface area (Å²) in [6.07, 6.45) is 9.68. The Morgan fingerprint density at radius 1 is 1.45 bits per heavy atom. The summed E-state index contributed by atoms with van der Waals surface area (Å²) >= 11 is 0. The lowest BCUT2D eigenvalue weighted by atomic mass is 9.93. The highest BCUT2D eigenvalue weighted by Crippen LogP contribution is 2.27. The quantitative estimate of drug-likeness (QED) is 0.679. The van der Waals surface area contributed by atoms with Crippen LogP contribution in [-0.4, -0.2) is 59.8 Å². The Balaban J connectivity index is 1.59. The first-order chi connectivity index (χ1) is 10.8. The maximum Gasteiger partial charge on any atom is 0.193 e. The van der Waals surface area contributed by atoms with Crippen molar-refractivity contribution in [3.05, 3.63) is 18.7 Å². The third-order valence-corrected chi connectivity index (χ3v) is 4.85. The molecule has 3 atom stereocenters. The SMILES string of the molecule is CN=C(NCC1CCCO1)N1CCC(C)C(n2ccnc2)C1. The topological polar surface area (TPSA) is 54.7 Å². The third kappa shape index (κ3) is 3.43. The fraction of sp³-hybridized carbons (Fsp3) is 0.750. The predicted molar refractivity (Wildman–Crippen MR) is 87.0 cm³/mol. The maximum atomic E-state index is 5.68. The van der Waals surface area contributed by atoms with Crippen LogP contribution in [0, 0.1) is 5.92 Å². The van der Waals surface area contributed by atoms with Gasteiger partial charge in [0, 0.05) is 45.7 Å². The second-order valence-corrected chi connectivity index (χ2v) is 6.35. The van der Waals surface area contributed by atoms with E-state index in [2.05, 4.69) is 37.9 Å². The van der Waals surface area contributed by atoms with Crippen LogP contribution in [0.2, 0.25) is 0 Å². The van der Waals surface area contributed by atoms with Crippen LogP contribution >= 0.6 is 0 Å². The summed E-state index contributed by atoms with van der Waals surface area (Å²) in [6, 6.07) is 0.456. The number of hydrogen-bond acceptors (Lipinski definition) is 3. The standard InChI is InChI=1S/C16H27N5O/c1-13-5-7-20(11-15(13)21-8-6-18-12-21)16(17-2)19-10-14-4-3-9-22-14/h6,8,12-15H,3-5,7,9-11H2,1-2H3,(H,17,19). The Bertz CT molecular complexity index is 481. The monoisotopic (exact) mass is 305 g/mol. The summed E-state index contributed by atoms with van der Waals surface area (Å²) in [4.78, 5) is 11.0. The number of ether oxygens (including phenoxy) is 1. The summed E-state index contributed by atoms with van der Waals surface area (Å²) in [6.45, 7) is 6.11. The van der Waals surface area contributed by atoms with Crippen molar-refractivity contribution in [2.24, 2.45) is 10.9 Å². The molecule has 0 aromatic carbocycles. The molecule has 6 nitrogen and oxygen atoms in total. The molecule has 6 heteroatoms. The molecule has 122 valence electrons. The van der Waals surface area contributed by atoms with Gasteiger partial charge in [-0.25, -0.2) is 4.98 Å². The molecule has 2 fully saturated rings. The molecule has 3 unspecified atom stereocenters. The van der Waals surface area contributed by atoms with Gasteiger partial charge in [0.15, 0.2) is 5.96 Å². The van der Waals surface area contributed by atoms with Crippen molar-refractivity contribution in [3.8, 4) is 0 Å². The van der Waals surface area contributed by atoms with Crippen molar-refractivity contribution in [1.29, 1.82) is 0 Å². The summed E-state index contributed by atoms with van der Waals surface area (Å²) in [7, 11) is 1.86. The number of nitrogens with one attached hydrogen (secondary N) is 1. The molecule has 0 bridgehead atoms. The number of guanidine groups is 1. The van der Waals surface area contributed by atoms with E-state index in [9.17, 15) is 0 Å². The minimum atomic E-state index is 0.338. The van der Waals surface area contributed by atoms with E-state index >= 15 is 0 Å². The Hall–Kier alpha value is -1.56. The van der Waals surface area contributed by atoms with Gasteiger partial charge in [-0.1, -0.05) is 6.92 Å². The molecule has 2 saturated heterocycles. The second kappa shape index (κ2) is 7.13. The van der Waals surface area contributed by atoms with Gasteiger partial charge in [0.1, 0.15) is 0 Å². The molecule has 2 aliphatic heterocycles. The molecule has 1 N–H and O–H groups in total. The smallest absolute Gasteiger partial charge is 0.193 e. The van der Waals surface area contributed by atoms with Gasteiger partial charge in [-0.3, -0.25) is 4.99 Å². The van der Waals surface area contributed by atoms with Crippen LogP contribution in [0.3, 0.4) is 0 Å². The van der Waals surface area contributed by atoms with Crippen molar-refractivity contribution in [2.45, 2.75) is 38.3 Å². The van der Waals surface area contributed by atoms with E-state index in [1.165, 1.54) is 12.8 Å². The molecular weight excluding hydrogens is 278 g/mol. The Morgan fingerprint density at radius 2 is 2.36 bits per heavy atom. The summed E-state index contributed by atoms with van der Waals surface area (Å²) in [5, 5.41) is 3.49. The van der Waals surface area contributed by atoms with Crippen LogP contribution < -0.4 is 5.32 Å². The number of piperidine rings is 1. The molecule has 1 aromatic heterocycles. The summed E-state index contributed by atoms with van der Waals surface area (Å²) in [5.41, 5.74) is 0. The van der Waals surface area contributed by atoms with Crippen LogP contribution in [-0.2, 0) is 4.74 Å². The number of imidazole rings is 1. The van der Waals surface area contributed by atoms with Gasteiger partial charge in [-0.15, -0.1) is 0 Å². The van der Waals surface area contributed by atoms with Crippen molar-refractivity contribution >= 4 is 5.96 Å². The predicted octanol–water partition coefficient (Wildman–Crippen LogP) is 1.52. The maximum absolute atomic E-state index is 5.68. The van der Waals surface area contributed by atoms with E-state index in [1.54, 1.807) is 0 Å². The summed E-state index contributed by atoms with van der Waals surface area (Å²) < 4.78 is 7.91. The number of aromatic nitrogens is 2. The number of aliphatic imine (C=N–C) groups is 1. The zero-order valence-corrected chi connectivity index (χ0v) is 13.6. The first kappa shape index (κ1) is 15.3. The van der Waals surface area contributed by atoms with Crippen molar-refractivity contribution in [3.63, 3.8) is 0 Å². The lowest BCUT2D eigenvalue weighted by Gasteiger charge is -2.39. The number of nitrogens with zero attached hydrogens (tertiary/aromatic N) is 4. The fourth-order valence-electron chi connectivity index (χ4n) is 3.44. The first-order valence-electron chi connectivity index (χ1n) is 8.32. The Morgan fingerprint density at radius 3 is 3.05 bits per heavy atom. The molecular formula is C16H27N5O. The number of rotatable bonds is 3. The van der Waals surface area contributed by atoms with Crippen LogP contribution in [0.5, 0.6) is 0 Å². The average molecular weight is 305 g/mol. The molecule has 22 heavy (non-hydrogen) atoms. The molecule has 0 amide bonds. The van der Waals surface area contributed by atoms with Gasteiger partial charge < -0.3 is 19.5 Å². The lowest BCUT2D eigenvalue weighted by molar-refractivity contribution is 0.112. The molecule has 3 rings (SSSR count). The molecule has 3 heterocycles. The van der Waals surface area contributed by atoms with E-state index in [0.717, 1.165) is 38.6 Å². The Labute approximate surface area is 132 Å². The van der Waals surface area contributed by atoms with E-state index in [-0.39, 0.29) is 0 Å². The molecule has 0 aliphatic carbocycles. The van der Waals surface area contributed by atoms with Crippen molar-refractivity contribution in [2.75, 3.05) is 33.3 Å². The van der Waals surface area contributed by atoms with Crippen molar-refractivity contribution < 1.29 is 4.74 Å². The normalized spacial score (nSPS) is 29.8. The van der Waals surface area contributed by atoms with E-state index in [1.807, 2.05) is 19.6 Å². The summed E-state index contributed by atoms with van der Waals surface area (Å²) in [5.74, 6) is 1.65. The highest BCUT2D eigenvalue weighted by Gasteiger charge is 2.29. The minimum absolute atomic E-state index is 0.338. The zero-order valence-electron chi connectivity index (χ0n) is 13.6. The molecule has 0 spiro atoms.